The standard InChI is InChI=1S/C10H24NO.C4H8O2/c1-5-11(6-2,7-3)9-10-12-8-4;1-2-3-4(5)6/h5-10H2,1-4H3;2-3H2,1H3,(H,5,6)/q+1;/p-1. The van der Waals surface area contributed by atoms with E-state index < -0.39 is 5.97 Å². The van der Waals surface area contributed by atoms with Gasteiger partial charge in [0.15, 0.2) is 0 Å². The quantitative estimate of drug-likeness (QED) is 0.466. The number of nitrogens with zero attached hydrogens (tertiary/aromatic N) is 1. The molecule has 0 aromatic heterocycles. The number of carbonyl (C=O) groups excluding carboxylic acids is 1. The molecule has 0 aliphatic carbocycles. The molecule has 0 N–H and O–H groups in total. The van der Waals surface area contributed by atoms with Gasteiger partial charge in [0.05, 0.1) is 26.2 Å². The first-order valence-corrected chi connectivity index (χ1v) is 7.14. The second kappa shape index (κ2) is 12.8. The van der Waals surface area contributed by atoms with Gasteiger partial charge in [0.25, 0.3) is 0 Å². The molecule has 0 radical (unpaired) electrons. The van der Waals surface area contributed by atoms with Gasteiger partial charge in [0, 0.05) is 12.6 Å². The Morgan fingerprint density at radius 3 is 1.78 bits per heavy atom. The monoisotopic (exact) mass is 261 g/mol. The second-order valence-corrected chi connectivity index (χ2v) is 4.33. The molecular weight excluding hydrogens is 230 g/mol. The van der Waals surface area contributed by atoms with Gasteiger partial charge in [0.2, 0.25) is 0 Å². The summed E-state index contributed by atoms with van der Waals surface area (Å²) >= 11 is 0. The summed E-state index contributed by atoms with van der Waals surface area (Å²) < 4.78 is 6.57. The maximum absolute atomic E-state index is 9.49. The maximum Gasteiger partial charge on any atom is 0.102 e. The van der Waals surface area contributed by atoms with E-state index in [1.54, 1.807) is 6.92 Å². The van der Waals surface area contributed by atoms with E-state index in [1.165, 1.54) is 24.1 Å². The van der Waals surface area contributed by atoms with E-state index in [9.17, 15) is 9.90 Å². The summed E-state index contributed by atoms with van der Waals surface area (Å²) in [4.78, 5) is 9.49. The Balaban J connectivity index is 0. The molecule has 0 amide bonds. The highest BCUT2D eigenvalue weighted by atomic mass is 16.5. The van der Waals surface area contributed by atoms with E-state index in [4.69, 9.17) is 4.74 Å². The summed E-state index contributed by atoms with van der Waals surface area (Å²) in [5.41, 5.74) is 0. The van der Waals surface area contributed by atoms with Crippen LogP contribution in [0.5, 0.6) is 0 Å². The molecular formula is C14H31NO3. The van der Waals surface area contributed by atoms with E-state index >= 15 is 0 Å². The molecule has 0 fully saturated rings. The summed E-state index contributed by atoms with van der Waals surface area (Å²) in [6, 6.07) is 0. The van der Waals surface area contributed by atoms with Crippen molar-refractivity contribution in [2.24, 2.45) is 0 Å². The van der Waals surface area contributed by atoms with Crippen molar-refractivity contribution >= 4 is 5.97 Å². The van der Waals surface area contributed by atoms with Crippen molar-refractivity contribution in [1.82, 2.24) is 0 Å². The first-order chi connectivity index (χ1) is 8.51. The summed E-state index contributed by atoms with van der Waals surface area (Å²) in [7, 11) is 0. The third-order valence-electron chi connectivity index (χ3n) is 3.38. The first-order valence-electron chi connectivity index (χ1n) is 7.14. The predicted octanol–water partition coefficient (Wildman–Crippen LogP) is 1.44. The molecule has 0 aromatic carbocycles. The van der Waals surface area contributed by atoms with Gasteiger partial charge in [0.1, 0.15) is 6.54 Å². The molecule has 18 heavy (non-hydrogen) atoms. The average molecular weight is 261 g/mol. The fraction of sp³-hybridized carbons (Fsp3) is 0.929. The number of carbonyl (C=O) groups is 1. The van der Waals surface area contributed by atoms with Crippen molar-refractivity contribution in [2.45, 2.75) is 47.5 Å². The Hall–Kier alpha value is -0.610. The van der Waals surface area contributed by atoms with Gasteiger partial charge in [-0.1, -0.05) is 13.3 Å². The number of rotatable bonds is 9. The number of ether oxygens (including phenoxy) is 1. The Bertz CT molecular complexity index is 183. The summed E-state index contributed by atoms with van der Waals surface area (Å²) in [5.74, 6) is -0.961. The lowest BCUT2D eigenvalue weighted by Gasteiger charge is -2.35. The van der Waals surface area contributed by atoms with Gasteiger partial charge < -0.3 is 19.1 Å². The number of aliphatic carboxylic acids is 1. The third kappa shape index (κ3) is 10.5. The molecule has 0 atom stereocenters. The highest BCUT2D eigenvalue weighted by molar-refractivity contribution is 5.63. The zero-order valence-electron chi connectivity index (χ0n) is 12.8. The summed E-state index contributed by atoms with van der Waals surface area (Å²) in [6.45, 7) is 17.2. The number of quaternary nitrogens is 1. The number of hydrogen-bond donors (Lipinski definition) is 0. The summed E-state index contributed by atoms with van der Waals surface area (Å²) in [5, 5.41) is 9.49. The third-order valence-corrected chi connectivity index (χ3v) is 3.38. The minimum Gasteiger partial charge on any atom is -0.550 e. The Kier molecular flexibility index (Phi) is 14.1. The zero-order chi connectivity index (χ0) is 14.4. The van der Waals surface area contributed by atoms with Crippen LogP contribution in [0.2, 0.25) is 0 Å². The minimum absolute atomic E-state index is 0.181. The molecule has 0 spiro atoms. The number of carboxylic acid groups (broad SMARTS) is 1. The highest BCUT2D eigenvalue weighted by Crippen LogP contribution is 2.04. The van der Waals surface area contributed by atoms with Gasteiger partial charge >= 0.3 is 0 Å². The number of carboxylic acids is 1. The van der Waals surface area contributed by atoms with E-state index in [0.29, 0.717) is 6.42 Å². The molecule has 0 bridgehead atoms. The number of likely N-dealkylation sites (N-methyl/N-ethyl adjacent to an activating group) is 1. The lowest BCUT2D eigenvalue weighted by Crippen LogP contribution is -2.49. The molecule has 4 heteroatoms. The van der Waals surface area contributed by atoms with Gasteiger partial charge in [-0.25, -0.2) is 0 Å². The van der Waals surface area contributed by atoms with Crippen molar-refractivity contribution in [2.75, 3.05) is 39.4 Å². The van der Waals surface area contributed by atoms with Crippen LogP contribution in [0.3, 0.4) is 0 Å². The van der Waals surface area contributed by atoms with Crippen LogP contribution in [0.25, 0.3) is 0 Å². The topological polar surface area (TPSA) is 49.4 Å². The van der Waals surface area contributed by atoms with Crippen LogP contribution in [-0.2, 0) is 9.53 Å². The van der Waals surface area contributed by atoms with Crippen molar-refractivity contribution < 1.29 is 19.1 Å². The minimum atomic E-state index is -0.961. The number of hydrogen-bond acceptors (Lipinski definition) is 3. The molecule has 4 nitrogen and oxygen atoms in total. The van der Waals surface area contributed by atoms with Crippen LogP contribution >= 0.6 is 0 Å². The normalized spacial score (nSPS) is 10.7. The lowest BCUT2D eigenvalue weighted by atomic mass is 10.3. The SMILES string of the molecule is CCCC(=O)[O-].CCOCC[N+](CC)(CC)CC. The van der Waals surface area contributed by atoms with E-state index in [2.05, 4.69) is 27.7 Å². The fourth-order valence-corrected chi connectivity index (χ4v) is 1.75. The van der Waals surface area contributed by atoms with Crippen molar-refractivity contribution in [1.29, 1.82) is 0 Å². The van der Waals surface area contributed by atoms with Gasteiger partial charge in [-0.05, 0) is 34.1 Å². The van der Waals surface area contributed by atoms with Gasteiger partial charge in [-0.2, -0.15) is 0 Å². The van der Waals surface area contributed by atoms with Crippen LogP contribution in [0.1, 0.15) is 47.5 Å². The van der Waals surface area contributed by atoms with Crippen LogP contribution < -0.4 is 5.11 Å². The van der Waals surface area contributed by atoms with E-state index in [1.807, 2.05) is 0 Å². The Morgan fingerprint density at radius 2 is 1.56 bits per heavy atom. The summed E-state index contributed by atoms with van der Waals surface area (Å²) in [6.07, 6.45) is 0.850. The van der Waals surface area contributed by atoms with E-state index in [-0.39, 0.29) is 6.42 Å². The van der Waals surface area contributed by atoms with Crippen molar-refractivity contribution in [3.8, 4) is 0 Å². The molecule has 110 valence electrons. The van der Waals surface area contributed by atoms with E-state index in [0.717, 1.165) is 19.8 Å². The van der Waals surface area contributed by atoms with Crippen LogP contribution in [-0.4, -0.2) is 49.8 Å². The van der Waals surface area contributed by atoms with Crippen molar-refractivity contribution in [3.63, 3.8) is 0 Å². The molecule has 0 unspecified atom stereocenters. The van der Waals surface area contributed by atoms with Crippen LogP contribution in [0.4, 0.5) is 0 Å². The molecule has 0 heterocycles. The Morgan fingerprint density at radius 1 is 1.06 bits per heavy atom. The predicted molar refractivity (Wildman–Crippen MR) is 73.2 cm³/mol. The Labute approximate surface area is 113 Å². The molecule has 0 saturated heterocycles. The average Bonchev–Trinajstić information content (AvgIpc) is 2.36. The lowest BCUT2D eigenvalue weighted by molar-refractivity contribution is -0.923. The largest absolute Gasteiger partial charge is 0.550 e. The zero-order valence-corrected chi connectivity index (χ0v) is 12.8. The van der Waals surface area contributed by atoms with Gasteiger partial charge in [-0.15, -0.1) is 0 Å². The first kappa shape index (κ1) is 19.7. The molecule has 0 aliphatic rings. The molecule has 0 saturated carbocycles. The molecule has 0 aliphatic heterocycles. The smallest absolute Gasteiger partial charge is 0.102 e. The second-order valence-electron chi connectivity index (χ2n) is 4.33. The molecule has 0 aromatic rings. The molecule has 0 rings (SSSR count). The van der Waals surface area contributed by atoms with Crippen LogP contribution in [0, 0.1) is 0 Å². The fourth-order valence-electron chi connectivity index (χ4n) is 1.75. The van der Waals surface area contributed by atoms with Crippen LogP contribution in [0.15, 0.2) is 0 Å². The maximum atomic E-state index is 9.49. The highest BCUT2D eigenvalue weighted by Gasteiger charge is 2.19. The van der Waals surface area contributed by atoms with Crippen molar-refractivity contribution in [3.05, 3.63) is 0 Å². The van der Waals surface area contributed by atoms with Gasteiger partial charge in [-0.3, -0.25) is 0 Å².